The van der Waals surface area contributed by atoms with Crippen molar-refractivity contribution in [2.75, 3.05) is 0 Å². The molecule has 1 aliphatic heterocycles. The average Bonchev–Trinajstić information content (AvgIpc) is 2.47. The van der Waals surface area contributed by atoms with Crippen LogP contribution in [0.25, 0.3) is 0 Å². The summed E-state index contributed by atoms with van der Waals surface area (Å²) in [5.74, 6) is 0.0103. The highest BCUT2D eigenvalue weighted by Gasteiger charge is 2.18. The minimum absolute atomic E-state index is 0.0103. The largest absolute Gasteiger partial charge is 0.348 e. The minimum Gasteiger partial charge on any atom is -0.348 e. The Morgan fingerprint density at radius 2 is 2.33 bits per heavy atom. The zero-order valence-corrected chi connectivity index (χ0v) is 7.71. The van der Waals surface area contributed by atoms with Crippen LogP contribution in [0.2, 0.25) is 0 Å². The molecule has 4 heteroatoms. The number of fused-ring (bicyclic) bond motifs is 1. The first-order valence-corrected chi connectivity index (χ1v) is 5.15. The molecule has 1 aromatic carbocycles. The van der Waals surface area contributed by atoms with Gasteiger partial charge in [-0.3, -0.25) is 4.79 Å². The van der Waals surface area contributed by atoms with Gasteiger partial charge >= 0.3 is 0 Å². The quantitative estimate of drug-likeness (QED) is 0.751. The molecule has 0 unspecified atom stereocenters. The van der Waals surface area contributed by atoms with Crippen molar-refractivity contribution in [3.63, 3.8) is 0 Å². The molecule has 0 atom stereocenters. The van der Waals surface area contributed by atoms with E-state index in [9.17, 15) is 4.79 Å². The highest BCUT2D eigenvalue weighted by Crippen LogP contribution is 2.26. The van der Waals surface area contributed by atoms with E-state index in [1.54, 1.807) is 0 Å². The van der Waals surface area contributed by atoms with Crippen LogP contribution in [0.4, 0.5) is 0 Å². The number of carbonyl (C=O) groups is 1. The van der Waals surface area contributed by atoms with Gasteiger partial charge < -0.3 is 5.32 Å². The summed E-state index contributed by atoms with van der Waals surface area (Å²) in [4.78, 5) is 12.1. The first-order chi connectivity index (χ1) is 5.81. The first-order valence-electron chi connectivity index (χ1n) is 3.51. The summed E-state index contributed by atoms with van der Waals surface area (Å²) in [6.45, 7) is 0.624. The Kier molecular flexibility index (Phi) is 1.98. The molecule has 0 spiro atoms. The van der Waals surface area contributed by atoms with Crippen LogP contribution in [0.5, 0.6) is 0 Å². The summed E-state index contributed by atoms with van der Waals surface area (Å²) in [5.41, 5.74) is 1.80. The van der Waals surface area contributed by atoms with Crippen LogP contribution < -0.4 is 5.32 Å². The number of amides is 1. The molecule has 0 aliphatic carbocycles. The maximum absolute atomic E-state index is 11.1. The van der Waals surface area contributed by atoms with Gasteiger partial charge in [0.05, 0.1) is 0 Å². The molecule has 62 valence electrons. The van der Waals surface area contributed by atoms with Gasteiger partial charge in [-0.2, -0.15) is 0 Å². The maximum atomic E-state index is 11.1. The number of nitrogens with one attached hydrogen (secondary N) is 1. The number of rotatable bonds is 1. The Balaban J connectivity index is 2.48. The molecule has 0 saturated carbocycles. The minimum atomic E-state index is 0.0103. The highest BCUT2D eigenvalue weighted by molar-refractivity contribution is 8.21. The lowest BCUT2D eigenvalue weighted by atomic mass is 10.1. The lowest BCUT2D eigenvalue weighted by molar-refractivity contribution is 0.0966. The van der Waals surface area contributed by atoms with Crippen LogP contribution in [0.1, 0.15) is 15.9 Å². The molecular weight excluding hydrogens is 194 g/mol. The number of benzene rings is 1. The van der Waals surface area contributed by atoms with E-state index in [-0.39, 0.29) is 5.91 Å². The summed E-state index contributed by atoms with van der Waals surface area (Å²) in [5, 5.41) is 2.74. The second kappa shape index (κ2) is 2.99. The Labute approximate surface area is 78.8 Å². The van der Waals surface area contributed by atoms with Crippen molar-refractivity contribution in [3.8, 4) is 0 Å². The molecule has 2 nitrogen and oxygen atoms in total. The van der Waals surface area contributed by atoms with Crippen molar-refractivity contribution >= 4 is 27.6 Å². The third-order valence-electron chi connectivity index (χ3n) is 1.85. The number of hydrogen-bond acceptors (Lipinski definition) is 2. The van der Waals surface area contributed by atoms with Crippen molar-refractivity contribution < 1.29 is 4.79 Å². The Bertz CT molecular complexity index is 340. The van der Waals surface area contributed by atoms with Crippen LogP contribution >= 0.6 is 21.7 Å². The van der Waals surface area contributed by atoms with Gasteiger partial charge in [-0.05, 0) is 45.4 Å². The van der Waals surface area contributed by atoms with Crippen molar-refractivity contribution in [3.05, 3.63) is 29.3 Å². The Hall–Kier alpha value is -0.670. The van der Waals surface area contributed by atoms with Gasteiger partial charge in [0, 0.05) is 17.0 Å². The lowest BCUT2D eigenvalue weighted by Gasteiger charge is -1.96. The summed E-state index contributed by atoms with van der Waals surface area (Å²) in [6, 6.07) is 5.59. The van der Waals surface area contributed by atoms with Crippen LogP contribution in [0.3, 0.4) is 0 Å². The molecule has 1 heterocycles. The smallest absolute Gasteiger partial charge is 0.251 e. The summed E-state index contributed by atoms with van der Waals surface area (Å²) in [6.07, 6.45) is 0. The third kappa shape index (κ3) is 1.19. The second-order valence-corrected chi connectivity index (χ2v) is 3.67. The predicted octanol–water partition coefficient (Wildman–Crippen LogP) is 2.18. The van der Waals surface area contributed by atoms with Crippen LogP contribution in [-0.2, 0) is 6.54 Å². The fourth-order valence-corrected chi connectivity index (χ4v) is 1.85. The molecule has 1 N–H and O–H groups in total. The number of hydrogen-bond donors (Lipinski definition) is 1. The topological polar surface area (TPSA) is 29.1 Å². The van der Waals surface area contributed by atoms with Gasteiger partial charge in [0.1, 0.15) is 0 Å². The van der Waals surface area contributed by atoms with E-state index in [0.717, 1.165) is 16.0 Å². The SMILES string of the molecule is O=C1NCc2cc(SCl)ccc21. The van der Waals surface area contributed by atoms with Crippen LogP contribution in [0, 0.1) is 0 Å². The van der Waals surface area contributed by atoms with E-state index in [0.29, 0.717) is 6.54 Å². The van der Waals surface area contributed by atoms with E-state index >= 15 is 0 Å². The van der Waals surface area contributed by atoms with Gasteiger partial charge in [-0.25, -0.2) is 0 Å². The molecule has 1 aliphatic rings. The maximum Gasteiger partial charge on any atom is 0.251 e. The Morgan fingerprint density at radius 1 is 1.50 bits per heavy atom. The molecular formula is C8H6ClNOS. The highest BCUT2D eigenvalue weighted by atomic mass is 35.7. The van der Waals surface area contributed by atoms with E-state index in [1.165, 1.54) is 11.0 Å². The van der Waals surface area contributed by atoms with Crippen molar-refractivity contribution in [1.29, 1.82) is 0 Å². The third-order valence-corrected chi connectivity index (χ3v) is 2.82. The molecule has 0 fully saturated rings. The van der Waals surface area contributed by atoms with E-state index < -0.39 is 0 Å². The normalized spacial score (nSPS) is 14.2. The van der Waals surface area contributed by atoms with Gasteiger partial charge in [-0.1, -0.05) is 0 Å². The van der Waals surface area contributed by atoms with Crippen molar-refractivity contribution in [2.24, 2.45) is 0 Å². The predicted molar refractivity (Wildman–Crippen MR) is 49.3 cm³/mol. The zero-order chi connectivity index (χ0) is 8.55. The summed E-state index contributed by atoms with van der Waals surface area (Å²) < 4.78 is 0. The zero-order valence-electron chi connectivity index (χ0n) is 6.13. The second-order valence-electron chi connectivity index (χ2n) is 2.58. The van der Waals surface area contributed by atoms with E-state index in [2.05, 4.69) is 5.32 Å². The average molecular weight is 200 g/mol. The molecule has 2 rings (SSSR count). The molecule has 12 heavy (non-hydrogen) atoms. The molecule has 1 amide bonds. The fraction of sp³-hybridized carbons (Fsp3) is 0.125. The van der Waals surface area contributed by atoms with Crippen LogP contribution in [-0.4, -0.2) is 5.91 Å². The molecule has 0 radical (unpaired) electrons. The van der Waals surface area contributed by atoms with Crippen LogP contribution in [0.15, 0.2) is 23.1 Å². The van der Waals surface area contributed by atoms with Gasteiger partial charge in [0.2, 0.25) is 0 Å². The molecule has 0 aromatic heterocycles. The van der Waals surface area contributed by atoms with Gasteiger partial charge in [0.25, 0.3) is 5.91 Å². The van der Waals surface area contributed by atoms with E-state index in [4.69, 9.17) is 10.7 Å². The first kappa shape index (κ1) is 7.95. The Morgan fingerprint density at radius 3 is 3.08 bits per heavy atom. The standard InChI is InChI=1S/C8H6ClNOS/c9-12-6-1-2-7-5(3-6)4-10-8(7)11/h1-3H,4H2,(H,10,11). The molecule has 0 saturated heterocycles. The van der Waals surface area contributed by atoms with Crippen molar-refractivity contribution in [2.45, 2.75) is 11.4 Å². The van der Waals surface area contributed by atoms with E-state index in [1.807, 2.05) is 18.2 Å². The lowest BCUT2D eigenvalue weighted by Crippen LogP contribution is -2.12. The monoisotopic (exact) mass is 199 g/mol. The van der Waals surface area contributed by atoms with Gasteiger partial charge in [0.15, 0.2) is 0 Å². The number of halogens is 1. The number of carbonyl (C=O) groups excluding carboxylic acids is 1. The van der Waals surface area contributed by atoms with Gasteiger partial charge in [-0.15, -0.1) is 0 Å². The molecule has 1 aromatic rings. The summed E-state index contributed by atoms with van der Waals surface area (Å²) >= 11 is 0. The summed E-state index contributed by atoms with van der Waals surface area (Å²) in [7, 11) is 6.75. The van der Waals surface area contributed by atoms with Crippen molar-refractivity contribution in [1.82, 2.24) is 5.32 Å². The molecule has 0 bridgehead atoms. The fourth-order valence-electron chi connectivity index (χ4n) is 1.26.